The van der Waals surface area contributed by atoms with Crippen molar-refractivity contribution in [2.75, 3.05) is 0 Å². The van der Waals surface area contributed by atoms with Crippen molar-refractivity contribution in [3.63, 3.8) is 0 Å². The molecular formula is C11H15NO3S. The molecule has 88 valence electrons. The van der Waals surface area contributed by atoms with Gasteiger partial charge in [0, 0.05) is 11.3 Å². The molecule has 0 aromatic carbocycles. The second-order valence-corrected chi connectivity index (χ2v) is 4.58. The summed E-state index contributed by atoms with van der Waals surface area (Å²) in [5, 5.41) is 20.5. The average Bonchev–Trinajstić information content (AvgIpc) is 2.68. The van der Waals surface area contributed by atoms with Crippen molar-refractivity contribution < 1.29 is 15.1 Å². The number of nitrogens with zero attached hydrogens (tertiary/aromatic N) is 1. The molecule has 0 fully saturated rings. The Balaban J connectivity index is 2.54. The van der Waals surface area contributed by atoms with Gasteiger partial charge in [0.1, 0.15) is 0 Å². The van der Waals surface area contributed by atoms with Crippen LogP contribution < -0.4 is 0 Å². The zero-order valence-electron chi connectivity index (χ0n) is 9.14. The molecule has 0 unspecified atom stereocenters. The summed E-state index contributed by atoms with van der Waals surface area (Å²) in [6.45, 7) is 1.93. The number of aliphatic carboxylic acids is 1. The van der Waals surface area contributed by atoms with Gasteiger partial charge in [0.2, 0.25) is 0 Å². The van der Waals surface area contributed by atoms with E-state index < -0.39 is 5.97 Å². The smallest absolute Gasteiger partial charge is 0.303 e. The van der Waals surface area contributed by atoms with Gasteiger partial charge in [0.15, 0.2) is 0 Å². The summed E-state index contributed by atoms with van der Waals surface area (Å²) in [4.78, 5) is 12.4. The van der Waals surface area contributed by atoms with Gasteiger partial charge in [-0.3, -0.25) is 4.79 Å². The van der Waals surface area contributed by atoms with Crippen molar-refractivity contribution in [1.82, 2.24) is 0 Å². The van der Waals surface area contributed by atoms with E-state index in [4.69, 9.17) is 10.3 Å². The minimum Gasteiger partial charge on any atom is -0.481 e. The molecule has 4 nitrogen and oxygen atoms in total. The van der Waals surface area contributed by atoms with Crippen LogP contribution in [-0.2, 0) is 11.2 Å². The predicted octanol–water partition coefficient (Wildman–Crippen LogP) is 2.74. The first-order valence-corrected chi connectivity index (χ1v) is 6.00. The molecule has 2 N–H and O–H groups in total. The van der Waals surface area contributed by atoms with Gasteiger partial charge in [-0.05, 0) is 31.4 Å². The van der Waals surface area contributed by atoms with E-state index in [0.29, 0.717) is 18.6 Å². The quantitative estimate of drug-likeness (QED) is 0.457. The Morgan fingerprint density at radius 1 is 1.50 bits per heavy atom. The molecule has 0 saturated heterocycles. The van der Waals surface area contributed by atoms with Crippen molar-refractivity contribution >= 4 is 23.0 Å². The van der Waals surface area contributed by atoms with Crippen LogP contribution in [0.2, 0.25) is 0 Å². The van der Waals surface area contributed by atoms with Gasteiger partial charge in [-0.1, -0.05) is 12.1 Å². The third-order valence-corrected chi connectivity index (χ3v) is 3.41. The number of rotatable bonds is 6. The minimum absolute atomic E-state index is 0.196. The Bertz CT molecular complexity index is 384. The average molecular weight is 241 g/mol. The summed E-state index contributed by atoms with van der Waals surface area (Å²) in [5.74, 6) is -0.761. The molecule has 0 radical (unpaired) electrons. The fraction of sp³-hybridized carbons (Fsp3) is 0.455. The summed E-state index contributed by atoms with van der Waals surface area (Å²) < 4.78 is 0. The van der Waals surface area contributed by atoms with Crippen molar-refractivity contribution in [2.45, 2.75) is 32.6 Å². The van der Waals surface area contributed by atoms with Gasteiger partial charge in [-0.25, -0.2) is 0 Å². The molecule has 0 saturated carbocycles. The molecule has 0 bridgehead atoms. The lowest BCUT2D eigenvalue weighted by molar-refractivity contribution is -0.137. The molecule has 1 aromatic heterocycles. The largest absolute Gasteiger partial charge is 0.481 e. The molecule has 16 heavy (non-hydrogen) atoms. The third kappa shape index (κ3) is 3.66. The van der Waals surface area contributed by atoms with Crippen LogP contribution in [0.15, 0.2) is 17.3 Å². The van der Waals surface area contributed by atoms with Crippen molar-refractivity contribution in [3.8, 4) is 0 Å². The van der Waals surface area contributed by atoms with E-state index in [1.54, 1.807) is 11.3 Å². The number of carboxylic acid groups (broad SMARTS) is 1. The lowest BCUT2D eigenvalue weighted by Crippen LogP contribution is -1.95. The molecule has 1 aromatic rings. The second-order valence-electron chi connectivity index (χ2n) is 3.41. The molecule has 1 rings (SSSR count). The highest BCUT2D eigenvalue weighted by Crippen LogP contribution is 2.20. The first-order chi connectivity index (χ1) is 7.67. The molecule has 0 atom stereocenters. The van der Waals surface area contributed by atoms with Gasteiger partial charge in [0.05, 0.1) is 10.6 Å². The minimum atomic E-state index is -0.761. The lowest BCUT2D eigenvalue weighted by Gasteiger charge is -1.96. The summed E-state index contributed by atoms with van der Waals surface area (Å²) in [6.07, 6.45) is 2.29. The number of hydrogen-bond acceptors (Lipinski definition) is 4. The Morgan fingerprint density at radius 2 is 2.25 bits per heavy atom. The van der Waals surface area contributed by atoms with Crippen LogP contribution in [0.1, 0.15) is 35.9 Å². The molecule has 0 aliphatic rings. The SMILES string of the molecule is CCC(=NO)c1ccc(CCCC(=O)O)s1. The molecule has 5 heteroatoms. The number of hydrogen-bond donors (Lipinski definition) is 2. The summed E-state index contributed by atoms with van der Waals surface area (Å²) in [6, 6.07) is 3.88. The van der Waals surface area contributed by atoms with Crippen LogP contribution in [0, 0.1) is 0 Å². The number of thiophene rings is 1. The Morgan fingerprint density at radius 3 is 2.81 bits per heavy atom. The van der Waals surface area contributed by atoms with Crippen LogP contribution in [0.5, 0.6) is 0 Å². The van der Waals surface area contributed by atoms with Gasteiger partial charge < -0.3 is 10.3 Å². The van der Waals surface area contributed by atoms with Crippen LogP contribution in [0.25, 0.3) is 0 Å². The maximum absolute atomic E-state index is 10.3. The third-order valence-electron chi connectivity index (χ3n) is 2.22. The zero-order chi connectivity index (χ0) is 12.0. The zero-order valence-corrected chi connectivity index (χ0v) is 9.96. The number of oxime groups is 1. The van der Waals surface area contributed by atoms with E-state index in [2.05, 4.69) is 5.16 Å². The van der Waals surface area contributed by atoms with Gasteiger partial charge in [-0.2, -0.15) is 0 Å². The molecule has 1 heterocycles. The Kier molecular flexibility index (Phi) is 4.98. The standard InChI is InChI=1S/C11H15NO3S/c1-2-9(12-15)10-7-6-8(16-10)4-3-5-11(13)14/h6-7,15H,2-5H2,1H3,(H,13,14). The van der Waals surface area contributed by atoms with Crippen molar-refractivity contribution in [1.29, 1.82) is 0 Å². The number of carbonyl (C=O) groups is 1. The number of aryl methyl sites for hydroxylation is 1. The Hall–Kier alpha value is -1.36. The normalized spacial score (nSPS) is 11.7. The van der Waals surface area contributed by atoms with E-state index in [9.17, 15) is 4.79 Å². The monoisotopic (exact) mass is 241 g/mol. The van der Waals surface area contributed by atoms with E-state index in [-0.39, 0.29) is 6.42 Å². The summed E-state index contributed by atoms with van der Waals surface area (Å²) in [7, 11) is 0. The molecule has 0 amide bonds. The maximum Gasteiger partial charge on any atom is 0.303 e. The van der Waals surface area contributed by atoms with Crippen molar-refractivity contribution in [3.05, 3.63) is 21.9 Å². The fourth-order valence-electron chi connectivity index (χ4n) is 1.38. The van der Waals surface area contributed by atoms with Gasteiger partial charge in [-0.15, -0.1) is 11.3 Å². The van der Waals surface area contributed by atoms with Crippen LogP contribution in [0.4, 0.5) is 0 Å². The molecular weight excluding hydrogens is 226 g/mol. The molecule has 0 aliphatic heterocycles. The van der Waals surface area contributed by atoms with Crippen LogP contribution in [0.3, 0.4) is 0 Å². The van der Waals surface area contributed by atoms with E-state index in [1.165, 1.54) is 0 Å². The van der Waals surface area contributed by atoms with E-state index in [0.717, 1.165) is 16.2 Å². The second kappa shape index (κ2) is 6.27. The molecule has 0 aliphatic carbocycles. The lowest BCUT2D eigenvalue weighted by atomic mass is 10.2. The fourth-order valence-corrected chi connectivity index (χ4v) is 2.48. The number of carboxylic acids is 1. The Labute approximate surface area is 98.2 Å². The van der Waals surface area contributed by atoms with E-state index in [1.807, 2.05) is 19.1 Å². The highest BCUT2D eigenvalue weighted by molar-refractivity contribution is 7.14. The van der Waals surface area contributed by atoms with Crippen molar-refractivity contribution in [2.24, 2.45) is 5.16 Å². The molecule has 0 spiro atoms. The predicted molar refractivity (Wildman–Crippen MR) is 63.5 cm³/mol. The first-order valence-electron chi connectivity index (χ1n) is 5.19. The topological polar surface area (TPSA) is 69.9 Å². The van der Waals surface area contributed by atoms with Gasteiger partial charge >= 0.3 is 5.97 Å². The maximum atomic E-state index is 10.3. The van der Waals surface area contributed by atoms with Gasteiger partial charge in [0.25, 0.3) is 0 Å². The van der Waals surface area contributed by atoms with E-state index >= 15 is 0 Å². The summed E-state index contributed by atoms with van der Waals surface area (Å²) in [5.41, 5.74) is 0.675. The highest BCUT2D eigenvalue weighted by atomic mass is 32.1. The van der Waals surface area contributed by atoms with Crippen LogP contribution in [-0.4, -0.2) is 22.0 Å². The summed E-state index contributed by atoms with van der Waals surface area (Å²) >= 11 is 1.56. The van der Waals surface area contributed by atoms with Crippen LogP contribution >= 0.6 is 11.3 Å². The first kappa shape index (κ1) is 12.7. The highest BCUT2D eigenvalue weighted by Gasteiger charge is 2.06.